The van der Waals surface area contributed by atoms with E-state index in [0.29, 0.717) is 12.5 Å². The molecule has 0 bridgehead atoms. The number of likely N-dealkylation sites (N-methyl/N-ethyl adjacent to an activating group) is 1. The molecule has 0 amide bonds. The summed E-state index contributed by atoms with van der Waals surface area (Å²) in [5, 5.41) is 8.88. The van der Waals surface area contributed by atoms with E-state index in [1.165, 1.54) is 0 Å². The standard InChI is InChI=1S/C9H19NO8S2/c1-10(2,3)7-9(6-8(11)12,17-19(4,13)14)18-20(5,15)16/h6-7H2,1-5H3/p+1. The van der Waals surface area contributed by atoms with Gasteiger partial charge in [-0.3, -0.25) is 4.79 Å². The second-order valence-electron chi connectivity index (χ2n) is 5.50. The van der Waals surface area contributed by atoms with Crippen molar-refractivity contribution in [1.29, 1.82) is 0 Å². The van der Waals surface area contributed by atoms with E-state index in [1.807, 2.05) is 0 Å². The molecule has 0 saturated heterocycles. The summed E-state index contributed by atoms with van der Waals surface area (Å²) in [6.07, 6.45) is 0.429. The van der Waals surface area contributed by atoms with Gasteiger partial charge in [0.25, 0.3) is 26.0 Å². The van der Waals surface area contributed by atoms with Gasteiger partial charge in [0.15, 0.2) is 0 Å². The lowest BCUT2D eigenvalue weighted by molar-refractivity contribution is -0.879. The number of aliphatic carboxylic acids is 1. The number of hydrogen-bond donors (Lipinski definition) is 1. The molecule has 11 heteroatoms. The van der Waals surface area contributed by atoms with Crippen molar-refractivity contribution < 1.29 is 39.6 Å². The van der Waals surface area contributed by atoms with E-state index in [0.717, 1.165) is 0 Å². The molecule has 0 heterocycles. The molecule has 0 atom stereocenters. The summed E-state index contributed by atoms with van der Waals surface area (Å²) >= 11 is 0. The molecule has 0 rings (SSSR count). The van der Waals surface area contributed by atoms with Gasteiger partial charge in [-0.25, -0.2) is 8.37 Å². The Balaban J connectivity index is 5.81. The molecule has 20 heavy (non-hydrogen) atoms. The molecule has 0 radical (unpaired) electrons. The summed E-state index contributed by atoms with van der Waals surface area (Å²) in [6.45, 7) is -0.306. The highest BCUT2D eigenvalue weighted by atomic mass is 32.2. The lowest BCUT2D eigenvalue weighted by Gasteiger charge is -2.35. The zero-order chi connectivity index (χ0) is 16.4. The first kappa shape index (κ1) is 19.2. The molecular weight excluding hydrogens is 314 g/mol. The van der Waals surface area contributed by atoms with Gasteiger partial charge in [0.1, 0.15) is 13.0 Å². The second kappa shape index (κ2) is 5.93. The van der Waals surface area contributed by atoms with Crippen LogP contribution in [0.15, 0.2) is 0 Å². The molecule has 0 saturated carbocycles. The van der Waals surface area contributed by atoms with Crippen LogP contribution in [0.4, 0.5) is 0 Å². The van der Waals surface area contributed by atoms with Gasteiger partial charge in [-0.15, -0.1) is 0 Å². The lowest BCUT2D eigenvalue weighted by Crippen LogP contribution is -2.54. The Bertz CT molecular complexity index is 523. The Labute approximate surface area is 118 Å². The average Bonchev–Trinajstić information content (AvgIpc) is 1.86. The quantitative estimate of drug-likeness (QED) is 0.334. The van der Waals surface area contributed by atoms with Gasteiger partial charge in [0.2, 0.25) is 0 Å². The molecule has 120 valence electrons. The lowest BCUT2D eigenvalue weighted by atomic mass is 10.2. The van der Waals surface area contributed by atoms with E-state index >= 15 is 0 Å². The molecule has 1 N–H and O–H groups in total. The molecule has 0 aliphatic heterocycles. The van der Waals surface area contributed by atoms with Crippen LogP contribution in [0.25, 0.3) is 0 Å². The number of hydrogen-bond acceptors (Lipinski definition) is 7. The van der Waals surface area contributed by atoms with Gasteiger partial charge in [-0.05, 0) is 0 Å². The van der Waals surface area contributed by atoms with E-state index in [4.69, 9.17) is 5.11 Å². The van der Waals surface area contributed by atoms with Gasteiger partial charge >= 0.3 is 5.97 Å². The maximum absolute atomic E-state index is 11.3. The molecule has 0 unspecified atom stereocenters. The highest BCUT2D eigenvalue weighted by molar-refractivity contribution is 7.86. The van der Waals surface area contributed by atoms with Crippen LogP contribution >= 0.6 is 0 Å². The normalized spacial score (nSPS) is 14.2. The van der Waals surface area contributed by atoms with Gasteiger partial charge in [0, 0.05) is 0 Å². The summed E-state index contributed by atoms with van der Waals surface area (Å²) < 4.78 is 54.6. The third-order valence-electron chi connectivity index (χ3n) is 1.74. The van der Waals surface area contributed by atoms with Crippen molar-refractivity contribution in [3.05, 3.63) is 0 Å². The Kier molecular flexibility index (Phi) is 5.71. The summed E-state index contributed by atoms with van der Waals surface area (Å²) in [5.41, 5.74) is 0. The number of quaternary nitrogens is 1. The first-order chi connectivity index (χ1) is 8.54. The van der Waals surface area contributed by atoms with Crippen molar-refractivity contribution >= 4 is 26.2 Å². The minimum atomic E-state index is -4.13. The van der Waals surface area contributed by atoms with Crippen molar-refractivity contribution in [3.8, 4) is 0 Å². The number of rotatable bonds is 8. The number of nitrogens with zero attached hydrogens (tertiary/aromatic N) is 1. The van der Waals surface area contributed by atoms with Crippen molar-refractivity contribution in [3.63, 3.8) is 0 Å². The third-order valence-corrected chi connectivity index (χ3v) is 2.96. The van der Waals surface area contributed by atoms with Gasteiger partial charge in [-0.2, -0.15) is 16.8 Å². The fourth-order valence-electron chi connectivity index (χ4n) is 1.69. The zero-order valence-corrected chi connectivity index (χ0v) is 13.6. The van der Waals surface area contributed by atoms with Gasteiger partial charge in [0.05, 0.1) is 33.7 Å². The van der Waals surface area contributed by atoms with Gasteiger partial charge in [-0.1, -0.05) is 0 Å². The topological polar surface area (TPSA) is 124 Å². The van der Waals surface area contributed by atoms with Crippen LogP contribution in [0, 0.1) is 0 Å². The summed E-state index contributed by atoms with van der Waals surface area (Å²) in [5.74, 6) is -3.78. The largest absolute Gasteiger partial charge is 0.481 e. The molecule has 0 fully saturated rings. The Hall–Kier alpha value is -0.750. The van der Waals surface area contributed by atoms with Crippen LogP contribution in [0.1, 0.15) is 6.42 Å². The predicted molar refractivity (Wildman–Crippen MR) is 69.7 cm³/mol. The van der Waals surface area contributed by atoms with E-state index in [-0.39, 0.29) is 11.0 Å². The number of carboxylic acid groups (broad SMARTS) is 1. The summed E-state index contributed by atoms with van der Waals surface area (Å²) in [6, 6.07) is 0. The molecule has 0 aromatic carbocycles. The first-order valence-electron chi connectivity index (χ1n) is 5.37. The maximum atomic E-state index is 11.3. The predicted octanol–water partition coefficient (Wildman–Crippen LogP) is -1.18. The third kappa shape index (κ3) is 9.20. The summed E-state index contributed by atoms with van der Waals surface area (Å²) in [7, 11) is -3.45. The number of carboxylic acids is 1. The van der Waals surface area contributed by atoms with E-state index in [2.05, 4.69) is 8.37 Å². The zero-order valence-electron chi connectivity index (χ0n) is 12.0. The SMILES string of the molecule is C[N+](C)(C)CC(CC(=O)O)(OS(C)(=O)=O)OS(C)(=O)=O. The maximum Gasteiger partial charge on any atom is 0.309 e. The van der Waals surface area contributed by atoms with Crippen LogP contribution in [0.5, 0.6) is 0 Å². The Morgan fingerprint density at radius 3 is 1.60 bits per heavy atom. The van der Waals surface area contributed by atoms with Crippen molar-refractivity contribution in [1.82, 2.24) is 0 Å². The minimum Gasteiger partial charge on any atom is -0.481 e. The molecule has 0 aliphatic rings. The highest BCUT2D eigenvalue weighted by Gasteiger charge is 2.47. The average molecular weight is 334 g/mol. The first-order valence-corrected chi connectivity index (χ1v) is 9.00. The van der Waals surface area contributed by atoms with Crippen LogP contribution < -0.4 is 0 Å². The minimum absolute atomic E-state index is 0.0261. The molecule has 0 aromatic rings. The molecule has 0 aliphatic carbocycles. The van der Waals surface area contributed by atoms with Crippen LogP contribution in [-0.4, -0.2) is 78.4 Å². The molecule has 0 spiro atoms. The fourth-order valence-corrected chi connectivity index (χ4v) is 3.12. The molecule has 0 aromatic heterocycles. The van der Waals surface area contributed by atoms with E-state index < -0.39 is 38.4 Å². The molecule has 9 nitrogen and oxygen atoms in total. The smallest absolute Gasteiger partial charge is 0.309 e. The van der Waals surface area contributed by atoms with Crippen molar-refractivity contribution in [2.24, 2.45) is 0 Å². The van der Waals surface area contributed by atoms with Crippen molar-refractivity contribution in [2.75, 3.05) is 40.2 Å². The van der Waals surface area contributed by atoms with Gasteiger partial charge < -0.3 is 9.59 Å². The highest BCUT2D eigenvalue weighted by Crippen LogP contribution is 2.25. The van der Waals surface area contributed by atoms with Crippen LogP contribution in [0.2, 0.25) is 0 Å². The monoisotopic (exact) mass is 334 g/mol. The van der Waals surface area contributed by atoms with E-state index in [9.17, 15) is 21.6 Å². The Morgan fingerprint density at radius 1 is 1.05 bits per heavy atom. The van der Waals surface area contributed by atoms with Crippen molar-refractivity contribution in [2.45, 2.75) is 12.2 Å². The van der Waals surface area contributed by atoms with Crippen LogP contribution in [0.3, 0.4) is 0 Å². The van der Waals surface area contributed by atoms with Crippen LogP contribution in [-0.2, 0) is 33.4 Å². The second-order valence-corrected chi connectivity index (χ2v) is 8.65. The fraction of sp³-hybridized carbons (Fsp3) is 0.889. The Morgan fingerprint density at radius 2 is 1.40 bits per heavy atom. The van der Waals surface area contributed by atoms with E-state index in [1.54, 1.807) is 21.1 Å². The number of carbonyl (C=O) groups is 1. The molecular formula is C9H20NO8S2+. The summed E-state index contributed by atoms with van der Waals surface area (Å²) in [4.78, 5) is 10.9.